The summed E-state index contributed by atoms with van der Waals surface area (Å²) in [5.41, 5.74) is 10.6. The fourth-order valence-corrected chi connectivity index (χ4v) is 1.42. The van der Waals surface area contributed by atoms with Crippen LogP contribution in [0.15, 0.2) is 0 Å². The number of primary amides is 1. The normalized spacial score (nSPS) is 31.4. The molecular formula is C7H14N2O2. The Morgan fingerprint density at radius 1 is 1.36 bits per heavy atom. The summed E-state index contributed by atoms with van der Waals surface area (Å²) in [5, 5.41) is 0. The fourth-order valence-electron chi connectivity index (χ4n) is 1.42. The van der Waals surface area contributed by atoms with Crippen LogP contribution in [0.5, 0.6) is 0 Å². The highest BCUT2D eigenvalue weighted by molar-refractivity contribution is 5.64. The molecule has 11 heavy (non-hydrogen) atoms. The summed E-state index contributed by atoms with van der Waals surface area (Å²) in [4.78, 5) is 10.4. The average molecular weight is 158 g/mol. The summed E-state index contributed by atoms with van der Waals surface area (Å²) in [6, 6.07) is -0.0174. The van der Waals surface area contributed by atoms with Gasteiger partial charge in [0.05, 0.1) is 0 Å². The number of ether oxygens (including phenoxy) is 1. The van der Waals surface area contributed by atoms with Gasteiger partial charge in [-0.2, -0.15) is 0 Å². The van der Waals surface area contributed by atoms with Gasteiger partial charge in [-0.05, 0) is 19.3 Å². The zero-order valence-corrected chi connectivity index (χ0v) is 6.45. The van der Waals surface area contributed by atoms with E-state index in [4.69, 9.17) is 16.2 Å². The number of nitrogens with two attached hydrogens (primary N) is 2. The molecule has 0 spiro atoms. The minimum Gasteiger partial charge on any atom is -0.445 e. The first-order valence-corrected chi connectivity index (χ1v) is 3.92. The van der Waals surface area contributed by atoms with Crippen molar-refractivity contribution in [2.75, 3.05) is 0 Å². The highest BCUT2D eigenvalue weighted by atomic mass is 16.6. The van der Waals surface area contributed by atoms with Crippen LogP contribution in [0, 0.1) is 0 Å². The second kappa shape index (κ2) is 3.57. The highest BCUT2D eigenvalue weighted by Crippen LogP contribution is 2.19. The molecule has 0 bridgehead atoms. The molecule has 1 aliphatic rings. The van der Waals surface area contributed by atoms with Gasteiger partial charge in [0.15, 0.2) is 0 Å². The van der Waals surface area contributed by atoms with E-state index < -0.39 is 6.09 Å². The predicted octanol–water partition coefficient (Wildman–Crippen LogP) is 0.352. The maximum absolute atomic E-state index is 10.4. The molecule has 4 heteroatoms. The Hall–Kier alpha value is -0.770. The van der Waals surface area contributed by atoms with Crippen molar-refractivity contribution in [3.8, 4) is 0 Å². The summed E-state index contributed by atoms with van der Waals surface area (Å²) in [6.07, 6.45) is 3.11. The maximum Gasteiger partial charge on any atom is 0.404 e. The summed E-state index contributed by atoms with van der Waals surface area (Å²) in [6.45, 7) is 0. The smallest absolute Gasteiger partial charge is 0.404 e. The molecule has 0 aromatic heterocycles. The molecule has 0 aliphatic heterocycles. The number of hydrogen-bond donors (Lipinski definition) is 2. The number of rotatable bonds is 1. The lowest BCUT2D eigenvalue weighted by Crippen LogP contribution is -2.41. The lowest BCUT2D eigenvalue weighted by atomic mass is 9.93. The van der Waals surface area contributed by atoms with Crippen molar-refractivity contribution in [2.24, 2.45) is 11.5 Å². The molecule has 1 rings (SSSR count). The Morgan fingerprint density at radius 2 is 2.00 bits per heavy atom. The number of hydrogen-bond acceptors (Lipinski definition) is 3. The van der Waals surface area contributed by atoms with Gasteiger partial charge in [0.2, 0.25) is 0 Å². The molecule has 1 aliphatic carbocycles. The number of carbonyl (C=O) groups excluding carboxylic acids is 1. The van der Waals surface area contributed by atoms with Gasteiger partial charge in [0, 0.05) is 6.04 Å². The molecule has 64 valence electrons. The fraction of sp³-hybridized carbons (Fsp3) is 0.857. The van der Waals surface area contributed by atoms with Gasteiger partial charge in [0.25, 0.3) is 0 Å². The molecule has 0 saturated heterocycles. The first kappa shape index (κ1) is 8.33. The Bertz CT molecular complexity index is 149. The van der Waals surface area contributed by atoms with Crippen LogP contribution < -0.4 is 11.5 Å². The van der Waals surface area contributed by atoms with Crippen molar-refractivity contribution in [3.05, 3.63) is 0 Å². The van der Waals surface area contributed by atoms with E-state index in [1.165, 1.54) is 0 Å². The minimum absolute atomic E-state index is 0.0174. The quantitative estimate of drug-likeness (QED) is 0.578. The predicted molar refractivity (Wildman–Crippen MR) is 40.9 cm³/mol. The number of carbonyl (C=O) groups is 1. The number of amides is 1. The third-order valence-corrected chi connectivity index (χ3v) is 2.02. The van der Waals surface area contributed by atoms with E-state index in [0.29, 0.717) is 0 Å². The van der Waals surface area contributed by atoms with Crippen molar-refractivity contribution in [2.45, 2.75) is 37.8 Å². The SMILES string of the molecule is NC(=O)OC1CCCC[C@@H]1N. The van der Waals surface area contributed by atoms with E-state index in [1.54, 1.807) is 0 Å². The zero-order valence-electron chi connectivity index (χ0n) is 6.45. The zero-order chi connectivity index (χ0) is 8.27. The summed E-state index contributed by atoms with van der Waals surface area (Å²) < 4.78 is 4.82. The monoisotopic (exact) mass is 158 g/mol. The minimum atomic E-state index is -0.715. The van der Waals surface area contributed by atoms with Crippen LogP contribution in [0.4, 0.5) is 4.79 Å². The molecule has 1 saturated carbocycles. The standard InChI is InChI=1S/C7H14N2O2/c8-5-3-1-2-4-6(5)11-7(9)10/h5-6H,1-4,8H2,(H2,9,10)/t5-,6?/m0/s1. The molecule has 1 amide bonds. The topological polar surface area (TPSA) is 78.3 Å². The summed E-state index contributed by atoms with van der Waals surface area (Å²) in [5.74, 6) is 0. The molecule has 0 aromatic carbocycles. The Morgan fingerprint density at radius 3 is 2.55 bits per heavy atom. The third-order valence-electron chi connectivity index (χ3n) is 2.02. The van der Waals surface area contributed by atoms with Crippen molar-refractivity contribution in [3.63, 3.8) is 0 Å². The van der Waals surface area contributed by atoms with Crippen LogP contribution in [0.25, 0.3) is 0 Å². The second-order valence-corrected chi connectivity index (χ2v) is 2.92. The van der Waals surface area contributed by atoms with E-state index in [9.17, 15) is 4.79 Å². The van der Waals surface area contributed by atoms with Crippen molar-refractivity contribution < 1.29 is 9.53 Å². The molecule has 0 radical (unpaired) electrons. The van der Waals surface area contributed by atoms with Gasteiger partial charge >= 0.3 is 6.09 Å². The van der Waals surface area contributed by atoms with E-state index in [2.05, 4.69) is 0 Å². The molecular weight excluding hydrogens is 144 g/mol. The Balaban J connectivity index is 2.35. The van der Waals surface area contributed by atoms with Crippen LogP contribution in [0.3, 0.4) is 0 Å². The van der Waals surface area contributed by atoms with Crippen molar-refractivity contribution in [1.82, 2.24) is 0 Å². The summed E-state index contributed by atoms with van der Waals surface area (Å²) in [7, 11) is 0. The second-order valence-electron chi connectivity index (χ2n) is 2.92. The van der Waals surface area contributed by atoms with E-state index in [-0.39, 0.29) is 12.1 Å². The molecule has 0 heterocycles. The van der Waals surface area contributed by atoms with Gasteiger partial charge < -0.3 is 16.2 Å². The van der Waals surface area contributed by atoms with Gasteiger partial charge in [-0.15, -0.1) is 0 Å². The van der Waals surface area contributed by atoms with Crippen LogP contribution in [-0.2, 0) is 4.74 Å². The highest BCUT2D eigenvalue weighted by Gasteiger charge is 2.24. The van der Waals surface area contributed by atoms with Gasteiger partial charge in [0.1, 0.15) is 6.10 Å². The lowest BCUT2D eigenvalue weighted by molar-refractivity contribution is 0.0695. The van der Waals surface area contributed by atoms with Gasteiger partial charge in [-0.25, -0.2) is 4.79 Å². The van der Waals surface area contributed by atoms with Crippen molar-refractivity contribution in [1.29, 1.82) is 0 Å². The van der Waals surface area contributed by atoms with E-state index in [1.807, 2.05) is 0 Å². The van der Waals surface area contributed by atoms with Crippen LogP contribution in [0.1, 0.15) is 25.7 Å². The first-order chi connectivity index (χ1) is 5.20. The first-order valence-electron chi connectivity index (χ1n) is 3.92. The Labute approximate surface area is 65.9 Å². The molecule has 0 aromatic rings. The molecule has 2 atom stereocenters. The van der Waals surface area contributed by atoms with E-state index in [0.717, 1.165) is 25.7 Å². The third kappa shape index (κ3) is 2.38. The van der Waals surface area contributed by atoms with Crippen LogP contribution >= 0.6 is 0 Å². The Kier molecular flexibility index (Phi) is 2.70. The summed E-state index contributed by atoms with van der Waals surface area (Å²) >= 11 is 0. The molecule has 4 nitrogen and oxygen atoms in total. The maximum atomic E-state index is 10.4. The lowest BCUT2D eigenvalue weighted by Gasteiger charge is -2.27. The van der Waals surface area contributed by atoms with Gasteiger partial charge in [-0.1, -0.05) is 6.42 Å². The van der Waals surface area contributed by atoms with Crippen LogP contribution in [-0.4, -0.2) is 18.2 Å². The van der Waals surface area contributed by atoms with Gasteiger partial charge in [-0.3, -0.25) is 0 Å². The van der Waals surface area contributed by atoms with Crippen LogP contribution in [0.2, 0.25) is 0 Å². The average Bonchev–Trinajstić information content (AvgIpc) is 1.93. The molecule has 4 N–H and O–H groups in total. The van der Waals surface area contributed by atoms with Crippen molar-refractivity contribution >= 4 is 6.09 Å². The largest absolute Gasteiger partial charge is 0.445 e. The van der Waals surface area contributed by atoms with E-state index >= 15 is 0 Å². The molecule has 1 unspecified atom stereocenters. The molecule has 1 fully saturated rings.